The number of nitrogens with two attached hydrogens (primary N) is 1. The van der Waals surface area contributed by atoms with Gasteiger partial charge in [0, 0.05) is 7.11 Å². The second-order valence-electron chi connectivity index (χ2n) is 5.35. The highest BCUT2D eigenvalue weighted by molar-refractivity contribution is 5.24. The molecule has 0 aliphatic heterocycles. The molecule has 0 aromatic heterocycles. The van der Waals surface area contributed by atoms with Crippen molar-refractivity contribution in [2.24, 2.45) is 5.73 Å². The lowest BCUT2D eigenvalue weighted by atomic mass is 9.89. The van der Waals surface area contributed by atoms with Crippen LogP contribution in [0.1, 0.15) is 43.7 Å². The van der Waals surface area contributed by atoms with E-state index in [9.17, 15) is 0 Å². The van der Waals surface area contributed by atoms with E-state index in [1.54, 1.807) is 7.11 Å². The Balaban J connectivity index is 2.63. The van der Waals surface area contributed by atoms with Gasteiger partial charge in [0.25, 0.3) is 0 Å². The highest BCUT2D eigenvalue weighted by atomic mass is 16.5. The number of hydrogen-bond acceptors (Lipinski definition) is 2. The summed E-state index contributed by atoms with van der Waals surface area (Å²) in [6.07, 6.45) is 2.10. The van der Waals surface area contributed by atoms with Crippen LogP contribution in [-0.4, -0.2) is 19.3 Å². The first-order valence-corrected chi connectivity index (χ1v) is 6.30. The lowest BCUT2D eigenvalue weighted by Crippen LogP contribution is -2.24. The molecule has 1 aromatic carbocycles. The molecule has 1 atom stereocenters. The molecule has 0 heterocycles. The molecule has 0 radical (unpaired) electrons. The summed E-state index contributed by atoms with van der Waals surface area (Å²) in [4.78, 5) is 0. The Morgan fingerprint density at radius 3 is 2.29 bits per heavy atom. The topological polar surface area (TPSA) is 35.2 Å². The zero-order chi connectivity index (χ0) is 12.9. The second kappa shape index (κ2) is 6.18. The molecule has 1 rings (SSSR count). The smallest absolute Gasteiger partial charge is 0.0623 e. The molecular formula is C15H25NO. The average molecular weight is 235 g/mol. The zero-order valence-corrected chi connectivity index (χ0v) is 11.5. The SMILES string of the molecule is COC(C)(C)CCC(CN)c1ccc(C)cc1. The first-order valence-electron chi connectivity index (χ1n) is 6.30. The fourth-order valence-corrected chi connectivity index (χ4v) is 1.88. The highest BCUT2D eigenvalue weighted by Gasteiger charge is 2.19. The molecule has 0 aliphatic carbocycles. The largest absolute Gasteiger partial charge is 0.379 e. The van der Waals surface area contributed by atoms with Gasteiger partial charge in [0.1, 0.15) is 0 Å². The monoisotopic (exact) mass is 235 g/mol. The first-order chi connectivity index (χ1) is 7.98. The van der Waals surface area contributed by atoms with Gasteiger partial charge in [-0.3, -0.25) is 0 Å². The van der Waals surface area contributed by atoms with Crippen LogP contribution in [-0.2, 0) is 4.74 Å². The molecule has 0 aliphatic rings. The maximum absolute atomic E-state index is 5.87. The molecule has 0 bridgehead atoms. The lowest BCUT2D eigenvalue weighted by molar-refractivity contribution is 0.0125. The summed E-state index contributed by atoms with van der Waals surface area (Å²) < 4.78 is 5.45. The minimum Gasteiger partial charge on any atom is -0.379 e. The van der Waals surface area contributed by atoms with Crippen molar-refractivity contribution >= 4 is 0 Å². The number of methoxy groups -OCH3 is 1. The molecule has 1 aromatic rings. The third-order valence-electron chi connectivity index (χ3n) is 3.48. The first kappa shape index (κ1) is 14.2. The van der Waals surface area contributed by atoms with Gasteiger partial charge in [-0.05, 0) is 51.6 Å². The molecular weight excluding hydrogens is 210 g/mol. The Labute approximate surface area is 105 Å². The van der Waals surface area contributed by atoms with E-state index in [0.29, 0.717) is 12.5 Å². The van der Waals surface area contributed by atoms with Gasteiger partial charge in [0.2, 0.25) is 0 Å². The summed E-state index contributed by atoms with van der Waals surface area (Å²) in [5, 5.41) is 0. The minimum atomic E-state index is -0.0574. The van der Waals surface area contributed by atoms with E-state index in [1.165, 1.54) is 11.1 Å². The quantitative estimate of drug-likeness (QED) is 0.821. The van der Waals surface area contributed by atoms with Crippen molar-refractivity contribution in [3.05, 3.63) is 35.4 Å². The Kier molecular flexibility index (Phi) is 5.16. The van der Waals surface area contributed by atoms with Gasteiger partial charge in [-0.2, -0.15) is 0 Å². The van der Waals surface area contributed by atoms with Gasteiger partial charge in [-0.1, -0.05) is 29.8 Å². The lowest BCUT2D eigenvalue weighted by Gasteiger charge is -2.25. The molecule has 0 saturated carbocycles. The third kappa shape index (κ3) is 4.49. The van der Waals surface area contributed by atoms with E-state index in [4.69, 9.17) is 10.5 Å². The van der Waals surface area contributed by atoms with Crippen molar-refractivity contribution in [2.75, 3.05) is 13.7 Å². The zero-order valence-electron chi connectivity index (χ0n) is 11.5. The molecule has 17 heavy (non-hydrogen) atoms. The summed E-state index contributed by atoms with van der Waals surface area (Å²) in [5.41, 5.74) is 8.45. The molecule has 0 amide bonds. The molecule has 2 heteroatoms. The summed E-state index contributed by atoms with van der Waals surface area (Å²) in [6.45, 7) is 7.05. The Morgan fingerprint density at radius 2 is 1.82 bits per heavy atom. The van der Waals surface area contributed by atoms with Crippen LogP contribution in [0.25, 0.3) is 0 Å². The second-order valence-corrected chi connectivity index (χ2v) is 5.35. The predicted octanol–water partition coefficient (Wildman–Crippen LogP) is 3.24. The standard InChI is InChI=1S/C15H25NO/c1-12-5-7-13(8-6-12)14(11-16)9-10-15(2,3)17-4/h5-8,14H,9-11,16H2,1-4H3. The molecule has 0 saturated heterocycles. The van der Waals surface area contributed by atoms with Gasteiger partial charge in [-0.25, -0.2) is 0 Å². The maximum Gasteiger partial charge on any atom is 0.0623 e. The van der Waals surface area contributed by atoms with Crippen molar-refractivity contribution in [1.82, 2.24) is 0 Å². The van der Waals surface area contributed by atoms with E-state index >= 15 is 0 Å². The fourth-order valence-electron chi connectivity index (χ4n) is 1.88. The molecule has 2 N–H and O–H groups in total. The van der Waals surface area contributed by atoms with E-state index in [0.717, 1.165) is 12.8 Å². The van der Waals surface area contributed by atoms with Crippen molar-refractivity contribution < 1.29 is 4.74 Å². The van der Waals surface area contributed by atoms with Crippen molar-refractivity contribution in [2.45, 2.75) is 45.1 Å². The van der Waals surface area contributed by atoms with Gasteiger partial charge in [0.05, 0.1) is 5.60 Å². The Bertz CT molecular complexity index is 329. The number of ether oxygens (including phenoxy) is 1. The van der Waals surface area contributed by atoms with E-state index in [2.05, 4.69) is 45.0 Å². The number of hydrogen-bond donors (Lipinski definition) is 1. The van der Waals surface area contributed by atoms with E-state index in [-0.39, 0.29) is 5.60 Å². The maximum atomic E-state index is 5.87. The Morgan fingerprint density at radius 1 is 1.24 bits per heavy atom. The predicted molar refractivity (Wildman–Crippen MR) is 73.3 cm³/mol. The summed E-state index contributed by atoms with van der Waals surface area (Å²) in [7, 11) is 1.77. The van der Waals surface area contributed by atoms with Crippen LogP contribution in [0.5, 0.6) is 0 Å². The summed E-state index contributed by atoms with van der Waals surface area (Å²) in [5.74, 6) is 0.435. The molecule has 2 nitrogen and oxygen atoms in total. The molecule has 1 unspecified atom stereocenters. The summed E-state index contributed by atoms with van der Waals surface area (Å²) in [6, 6.07) is 8.68. The van der Waals surface area contributed by atoms with E-state index in [1.807, 2.05) is 0 Å². The van der Waals surface area contributed by atoms with Crippen molar-refractivity contribution in [3.63, 3.8) is 0 Å². The molecule has 96 valence electrons. The number of aryl methyl sites for hydroxylation is 1. The van der Waals surface area contributed by atoms with Crippen LogP contribution in [0.2, 0.25) is 0 Å². The van der Waals surface area contributed by atoms with Gasteiger partial charge in [0.15, 0.2) is 0 Å². The van der Waals surface area contributed by atoms with Crippen LogP contribution >= 0.6 is 0 Å². The molecule has 0 spiro atoms. The minimum absolute atomic E-state index is 0.0574. The van der Waals surface area contributed by atoms with Crippen LogP contribution in [0.4, 0.5) is 0 Å². The van der Waals surface area contributed by atoms with Crippen LogP contribution in [0.15, 0.2) is 24.3 Å². The van der Waals surface area contributed by atoms with Crippen LogP contribution in [0.3, 0.4) is 0 Å². The van der Waals surface area contributed by atoms with Crippen LogP contribution < -0.4 is 5.73 Å². The fraction of sp³-hybridized carbons (Fsp3) is 0.600. The number of benzene rings is 1. The van der Waals surface area contributed by atoms with Gasteiger partial charge >= 0.3 is 0 Å². The van der Waals surface area contributed by atoms with Gasteiger partial charge < -0.3 is 10.5 Å². The van der Waals surface area contributed by atoms with Gasteiger partial charge in [-0.15, -0.1) is 0 Å². The average Bonchev–Trinajstić information content (AvgIpc) is 2.32. The Hall–Kier alpha value is -0.860. The summed E-state index contributed by atoms with van der Waals surface area (Å²) >= 11 is 0. The van der Waals surface area contributed by atoms with Crippen LogP contribution in [0, 0.1) is 6.92 Å². The van der Waals surface area contributed by atoms with E-state index < -0.39 is 0 Å². The third-order valence-corrected chi connectivity index (χ3v) is 3.48. The van der Waals surface area contributed by atoms with Crippen molar-refractivity contribution in [3.8, 4) is 0 Å². The highest BCUT2D eigenvalue weighted by Crippen LogP contribution is 2.25. The normalized spacial score (nSPS) is 13.7. The van der Waals surface area contributed by atoms with Crippen molar-refractivity contribution in [1.29, 1.82) is 0 Å². The molecule has 0 fully saturated rings. The number of rotatable bonds is 6.